The van der Waals surface area contributed by atoms with Crippen molar-refractivity contribution in [3.8, 4) is 0 Å². The molecule has 1 unspecified atom stereocenters. The number of aromatic carboxylic acids is 1. The Bertz CT molecular complexity index is 607. The molecule has 0 saturated carbocycles. The first-order valence-electron chi connectivity index (χ1n) is 6.23. The summed E-state index contributed by atoms with van der Waals surface area (Å²) in [5.41, 5.74) is -0.133. The van der Waals surface area contributed by atoms with Crippen LogP contribution in [0.4, 0.5) is 4.79 Å². The van der Waals surface area contributed by atoms with Gasteiger partial charge >= 0.3 is 12.0 Å². The van der Waals surface area contributed by atoms with Crippen LogP contribution in [0.15, 0.2) is 18.6 Å². The topological polar surface area (TPSA) is 138 Å². The van der Waals surface area contributed by atoms with Crippen molar-refractivity contribution in [2.45, 2.75) is 19.5 Å². The van der Waals surface area contributed by atoms with Gasteiger partial charge in [-0.2, -0.15) is 0 Å². The van der Waals surface area contributed by atoms with E-state index in [0.29, 0.717) is 18.9 Å². The van der Waals surface area contributed by atoms with Crippen LogP contribution in [0.5, 0.6) is 0 Å². The first-order valence-corrected chi connectivity index (χ1v) is 6.23. The van der Waals surface area contributed by atoms with Gasteiger partial charge in [-0.1, -0.05) is 5.21 Å². The van der Waals surface area contributed by atoms with E-state index in [-0.39, 0.29) is 17.8 Å². The van der Waals surface area contributed by atoms with Crippen LogP contribution in [0.2, 0.25) is 0 Å². The maximum atomic E-state index is 11.6. The van der Waals surface area contributed by atoms with E-state index in [1.54, 1.807) is 19.3 Å². The van der Waals surface area contributed by atoms with Crippen LogP contribution < -0.4 is 10.6 Å². The Morgan fingerprint density at radius 2 is 2.33 bits per heavy atom. The van der Waals surface area contributed by atoms with Crippen molar-refractivity contribution in [2.24, 2.45) is 0 Å². The second-order valence-corrected chi connectivity index (χ2v) is 4.27. The van der Waals surface area contributed by atoms with Gasteiger partial charge in [-0.3, -0.25) is 0 Å². The van der Waals surface area contributed by atoms with Gasteiger partial charge in [-0.05, 0) is 6.92 Å². The van der Waals surface area contributed by atoms with Gasteiger partial charge in [0.15, 0.2) is 5.69 Å². The molecule has 0 radical (unpaired) electrons. The zero-order valence-corrected chi connectivity index (χ0v) is 11.3. The Morgan fingerprint density at radius 1 is 1.52 bits per heavy atom. The molecule has 10 heteroatoms. The van der Waals surface area contributed by atoms with Gasteiger partial charge in [0, 0.05) is 18.9 Å². The van der Waals surface area contributed by atoms with E-state index >= 15 is 0 Å². The highest BCUT2D eigenvalue weighted by molar-refractivity contribution is 5.84. The van der Waals surface area contributed by atoms with Crippen LogP contribution in [0.1, 0.15) is 29.3 Å². The molecule has 2 heterocycles. The van der Waals surface area contributed by atoms with Crippen LogP contribution in [0.25, 0.3) is 0 Å². The van der Waals surface area contributed by atoms with Crippen molar-refractivity contribution in [3.63, 3.8) is 0 Å². The largest absolute Gasteiger partial charge is 0.476 e. The van der Waals surface area contributed by atoms with Gasteiger partial charge < -0.3 is 20.7 Å². The number of carbonyl (C=O) groups excluding carboxylic acids is 1. The number of carboxylic acid groups (broad SMARTS) is 1. The molecule has 0 aliphatic rings. The SMILES string of the molecule is CC(NC(=O)NCCn1cc(C(=O)O)nn1)c1ncc[nH]1. The van der Waals surface area contributed by atoms with Crippen LogP contribution >= 0.6 is 0 Å². The zero-order chi connectivity index (χ0) is 15.2. The Labute approximate surface area is 119 Å². The minimum Gasteiger partial charge on any atom is -0.476 e. The van der Waals surface area contributed by atoms with Crippen LogP contribution in [0, 0.1) is 0 Å². The molecule has 2 aromatic heterocycles. The molecule has 0 aromatic carbocycles. The van der Waals surface area contributed by atoms with Crippen molar-refractivity contribution in [1.29, 1.82) is 0 Å². The summed E-state index contributed by atoms with van der Waals surface area (Å²) in [6.45, 7) is 2.41. The highest BCUT2D eigenvalue weighted by atomic mass is 16.4. The van der Waals surface area contributed by atoms with E-state index in [1.165, 1.54) is 10.9 Å². The predicted octanol–water partition coefficient (Wildman–Crippen LogP) is -0.240. The lowest BCUT2D eigenvalue weighted by atomic mass is 10.3. The number of hydrogen-bond acceptors (Lipinski definition) is 5. The van der Waals surface area contributed by atoms with Gasteiger partial charge in [0.25, 0.3) is 0 Å². The molecule has 4 N–H and O–H groups in total. The number of carboxylic acids is 1. The van der Waals surface area contributed by atoms with E-state index in [2.05, 4.69) is 30.9 Å². The van der Waals surface area contributed by atoms with Gasteiger partial charge in [0.1, 0.15) is 5.82 Å². The fraction of sp³-hybridized carbons (Fsp3) is 0.364. The van der Waals surface area contributed by atoms with Crippen molar-refractivity contribution < 1.29 is 14.7 Å². The zero-order valence-electron chi connectivity index (χ0n) is 11.3. The third-order valence-electron chi connectivity index (χ3n) is 2.66. The highest BCUT2D eigenvalue weighted by Crippen LogP contribution is 2.04. The molecular formula is C11H15N7O3. The Hall–Kier alpha value is -2.91. The number of amides is 2. The summed E-state index contributed by atoms with van der Waals surface area (Å²) in [5, 5.41) is 21.1. The molecule has 0 aliphatic carbocycles. The summed E-state index contributed by atoms with van der Waals surface area (Å²) in [5.74, 6) is -0.480. The standard InChI is InChI=1S/C11H15N7O3/c1-7(9-12-2-3-13-9)15-11(21)14-4-5-18-6-8(10(19)20)16-17-18/h2-3,6-7H,4-5H2,1H3,(H,12,13)(H,19,20)(H2,14,15,21). The van der Waals surface area contributed by atoms with Gasteiger partial charge in [-0.15, -0.1) is 5.10 Å². The van der Waals surface area contributed by atoms with Gasteiger partial charge in [-0.25, -0.2) is 19.3 Å². The Morgan fingerprint density at radius 3 is 2.95 bits per heavy atom. The molecule has 0 bridgehead atoms. The van der Waals surface area contributed by atoms with Gasteiger partial charge in [0.05, 0.1) is 18.8 Å². The normalized spacial score (nSPS) is 11.9. The molecule has 112 valence electrons. The fourth-order valence-corrected chi connectivity index (χ4v) is 1.62. The first-order chi connectivity index (χ1) is 10.1. The Kier molecular flexibility index (Phi) is 4.49. The lowest BCUT2D eigenvalue weighted by molar-refractivity contribution is 0.0690. The third-order valence-corrected chi connectivity index (χ3v) is 2.66. The summed E-state index contributed by atoms with van der Waals surface area (Å²) >= 11 is 0. The minimum absolute atomic E-state index is 0.133. The molecule has 2 rings (SSSR count). The quantitative estimate of drug-likeness (QED) is 0.580. The fourth-order valence-electron chi connectivity index (χ4n) is 1.62. The molecule has 2 amide bonds. The number of rotatable bonds is 6. The number of nitrogens with zero attached hydrogens (tertiary/aromatic N) is 4. The maximum Gasteiger partial charge on any atom is 0.358 e. The number of imidazole rings is 1. The molecule has 2 aromatic rings. The average molecular weight is 293 g/mol. The summed E-state index contributed by atoms with van der Waals surface area (Å²) in [4.78, 5) is 29.2. The molecule has 1 atom stereocenters. The van der Waals surface area contributed by atoms with Crippen LogP contribution in [-0.2, 0) is 6.54 Å². The summed E-state index contributed by atoms with van der Waals surface area (Å²) in [6, 6.07) is -0.595. The summed E-state index contributed by atoms with van der Waals surface area (Å²) < 4.78 is 1.35. The molecule has 0 spiro atoms. The molecule has 21 heavy (non-hydrogen) atoms. The second-order valence-electron chi connectivity index (χ2n) is 4.27. The number of aromatic nitrogens is 5. The van der Waals surface area contributed by atoms with Crippen molar-refractivity contribution >= 4 is 12.0 Å². The highest BCUT2D eigenvalue weighted by Gasteiger charge is 2.11. The number of nitrogens with one attached hydrogen (secondary N) is 3. The molecule has 0 saturated heterocycles. The number of urea groups is 1. The van der Waals surface area contributed by atoms with Crippen molar-refractivity contribution in [2.75, 3.05) is 6.54 Å². The Balaban J connectivity index is 1.72. The van der Waals surface area contributed by atoms with E-state index in [1.807, 2.05) is 0 Å². The third kappa shape index (κ3) is 4.03. The van der Waals surface area contributed by atoms with Crippen LogP contribution in [0.3, 0.4) is 0 Å². The number of hydrogen-bond donors (Lipinski definition) is 4. The number of aromatic amines is 1. The second kappa shape index (κ2) is 6.50. The number of H-pyrrole nitrogens is 1. The van der Waals surface area contributed by atoms with Gasteiger partial charge in [0.2, 0.25) is 0 Å². The smallest absolute Gasteiger partial charge is 0.358 e. The van der Waals surface area contributed by atoms with E-state index < -0.39 is 5.97 Å². The van der Waals surface area contributed by atoms with Crippen LogP contribution in [-0.4, -0.2) is 48.6 Å². The van der Waals surface area contributed by atoms with Crippen molar-refractivity contribution in [3.05, 3.63) is 30.1 Å². The average Bonchev–Trinajstić information content (AvgIpc) is 3.10. The van der Waals surface area contributed by atoms with E-state index in [9.17, 15) is 9.59 Å². The first kappa shape index (κ1) is 14.5. The molecule has 0 fully saturated rings. The minimum atomic E-state index is -1.14. The van der Waals surface area contributed by atoms with E-state index in [0.717, 1.165) is 0 Å². The lowest BCUT2D eigenvalue weighted by Gasteiger charge is -2.12. The molecular weight excluding hydrogens is 278 g/mol. The molecule has 10 nitrogen and oxygen atoms in total. The number of carbonyl (C=O) groups is 2. The monoisotopic (exact) mass is 293 g/mol. The maximum absolute atomic E-state index is 11.6. The summed E-state index contributed by atoms with van der Waals surface area (Å²) in [7, 11) is 0. The predicted molar refractivity (Wildman–Crippen MR) is 70.5 cm³/mol. The van der Waals surface area contributed by atoms with E-state index in [4.69, 9.17) is 5.11 Å². The summed E-state index contributed by atoms with van der Waals surface area (Å²) in [6.07, 6.45) is 4.58. The van der Waals surface area contributed by atoms with Crippen molar-refractivity contribution in [1.82, 2.24) is 35.6 Å². The lowest BCUT2D eigenvalue weighted by Crippen LogP contribution is -2.38. The molecule has 0 aliphatic heterocycles.